The zero-order chi connectivity index (χ0) is 12.3. The molecule has 3 nitrogen and oxygen atoms in total. The lowest BCUT2D eigenvalue weighted by molar-refractivity contribution is 0.635. The average molecular weight is 251 g/mol. The van der Waals surface area contributed by atoms with E-state index in [4.69, 9.17) is 5.73 Å². The molecule has 0 radical (unpaired) electrons. The molecule has 0 amide bonds. The van der Waals surface area contributed by atoms with Crippen molar-refractivity contribution in [1.82, 2.24) is 4.98 Å². The Morgan fingerprint density at radius 3 is 3.06 bits per heavy atom. The molecule has 0 spiro atoms. The molecule has 0 bridgehead atoms. The van der Waals surface area contributed by atoms with Crippen LogP contribution in [0.25, 0.3) is 0 Å². The smallest absolute Gasteiger partial charge is 0.128 e. The van der Waals surface area contributed by atoms with E-state index in [9.17, 15) is 0 Å². The summed E-state index contributed by atoms with van der Waals surface area (Å²) in [6.07, 6.45) is 3.06. The first-order chi connectivity index (χ1) is 8.11. The summed E-state index contributed by atoms with van der Waals surface area (Å²) in [6.45, 7) is 7.40. The minimum atomic E-state index is 0.389. The van der Waals surface area contributed by atoms with Crippen LogP contribution in [-0.2, 0) is 6.54 Å². The first-order valence-electron chi connectivity index (χ1n) is 6.15. The van der Waals surface area contributed by atoms with Gasteiger partial charge in [-0.25, -0.2) is 4.98 Å². The highest BCUT2D eigenvalue weighted by Crippen LogP contribution is 2.31. The lowest BCUT2D eigenvalue weighted by atomic mass is 10.1. The highest BCUT2D eigenvalue weighted by atomic mass is 32.2. The normalized spacial score (nSPS) is 20.1. The van der Waals surface area contributed by atoms with Gasteiger partial charge in [0.2, 0.25) is 0 Å². The van der Waals surface area contributed by atoms with Gasteiger partial charge in [0.15, 0.2) is 0 Å². The lowest BCUT2D eigenvalue weighted by Crippen LogP contribution is -2.27. The summed E-state index contributed by atoms with van der Waals surface area (Å²) >= 11 is 2.06. The van der Waals surface area contributed by atoms with Crippen molar-refractivity contribution in [2.45, 2.75) is 31.6 Å². The fraction of sp³-hybridized carbons (Fsp3) is 0.615. The summed E-state index contributed by atoms with van der Waals surface area (Å²) in [4.78, 5) is 6.84. The Labute approximate surface area is 108 Å². The number of pyridine rings is 1. The molecule has 1 fully saturated rings. The van der Waals surface area contributed by atoms with Gasteiger partial charge in [-0.15, -0.1) is 0 Å². The van der Waals surface area contributed by atoms with Gasteiger partial charge in [-0.3, -0.25) is 0 Å². The zero-order valence-electron chi connectivity index (χ0n) is 10.6. The van der Waals surface area contributed by atoms with Crippen LogP contribution in [0.3, 0.4) is 0 Å². The Bertz CT molecular complexity index is 379. The number of hydrogen-bond donors (Lipinski definition) is 1. The van der Waals surface area contributed by atoms with Gasteiger partial charge in [0.05, 0.1) is 0 Å². The van der Waals surface area contributed by atoms with E-state index in [0.717, 1.165) is 24.5 Å². The Morgan fingerprint density at radius 1 is 1.47 bits per heavy atom. The van der Waals surface area contributed by atoms with Gasteiger partial charge in [-0.1, -0.05) is 13.8 Å². The molecule has 0 aliphatic carbocycles. The molecule has 1 saturated heterocycles. The predicted octanol–water partition coefficient (Wildman–Crippen LogP) is 2.26. The van der Waals surface area contributed by atoms with Gasteiger partial charge in [0.25, 0.3) is 0 Å². The second-order valence-electron chi connectivity index (χ2n) is 5.07. The summed E-state index contributed by atoms with van der Waals surface area (Å²) < 4.78 is 0.389. The maximum atomic E-state index is 5.67. The minimum Gasteiger partial charge on any atom is -0.356 e. The number of thioether (sulfide) groups is 1. The second-order valence-corrected chi connectivity index (χ2v) is 6.87. The second kappa shape index (κ2) is 5.27. The summed E-state index contributed by atoms with van der Waals surface area (Å²) in [7, 11) is 0. The largest absolute Gasteiger partial charge is 0.356 e. The quantitative estimate of drug-likeness (QED) is 0.875. The molecule has 0 saturated carbocycles. The van der Waals surface area contributed by atoms with Crippen LogP contribution in [0.4, 0.5) is 5.82 Å². The number of nitrogens with two attached hydrogens (primary N) is 1. The van der Waals surface area contributed by atoms with Crippen LogP contribution in [0.15, 0.2) is 18.3 Å². The van der Waals surface area contributed by atoms with E-state index in [1.807, 2.05) is 12.3 Å². The molecule has 17 heavy (non-hydrogen) atoms. The molecule has 0 aromatic carbocycles. The lowest BCUT2D eigenvalue weighted by Gasteiger charge is -2.23. The minimum absolute atomic E-state index is 0.389. The van der Waals surface area contributed by atoms with E-state index >= 15 is 0 Å². The summed E-state index contributed by atoms with van der Waals surface area (Å²) in [6, 6.07) is 4.10. The van der Waals surface area contributed by atoms with Gasteiger partial charge in [0, 0.05) is 36.3 Å². The van der Waals surface area contributed by atoms with E-state index < -0.39 is 0 Å². The summed E-state index contributed by atoms with van der Waals surface area (Å²) in [5.74, 6) is 2.24. The molecule has 2 heterocycles. The first kappa shape index (κ1) is 12.7. The molecule has 1 aliphatic rings. The molecule has 1 aromatic heterocycles. The van der Waals surface area contributed by atoms with Crippen LogP contribution in [0.5, 0.6) is 0 Å². The van der Waals surface area contributed by atoms with E-state index in [2.05, 4.69) is 41.6 Å². The van der Waals surface area contributed by atoms with Gasteiger partial charge < -0.3 is 10.6 Å². The van der Waals surface area contributed by atoms with Crippen molar-refractivity contribution >= 4 is 17.6 Å². The van der Waals surface area contributed by atoms with Crippen LogP contribution >= 0.6 is 11.8 Å². The maximum Gasteiger partial charge on any atom is 0.128 e. The number of rotatable bonds is 2. The Morgan fingerprint density at radius 2 is 2.29 bits per heavy atom. The number of anilines is 1. The van der Waals surface area contributed by atoms with Crippen LogP contribution in [0, 0.1) is 0 Å². The molecule has 2 N–H and O–H groups in total. The molecule has 4 heteroatoms. The monoisotopic (exact) mass is 251 g/mol. The molecule has 1 aliphatic heterocycles. The predicted molar refractivity (Wildman–Crippen MR) is 75.5 cm³/mol. The van der Waals surface area contributed by atoms with E-state index in [-0.39, 0.29) is 0 Å². The number of aromatic nitrogens is 1. The third-order valence-corrected chi connectivity index (χ3v) is 4.58. The number of hydrogen-bond acceptors (Lipinski definition) is 4. The van der Waals surface area contributed by atoms with Gasteiger partial charge in [-0.05, 0) is 24.1 Å². The molecule has 1 aromatic rings. The van der Waals surface area contributed by atoms with Crippen molar-refractivity contribution in [3.63, 3.8) is 0 Å². The average Bonchev–Trinajstić information content (AvgIpc) is 2.50. The van der Waals surface area contributed by atoms with Crippen molar-refractivity contribution in [2.75, 3.05) is 23.7 Å². The summed E-state index contributed by atoms with van der Waals surface area (Å²) in [5.41, 5.74) is 6.83. The standard InChI is InChI=1S/C13H21N3S/c1-13(2)4-6-16(7-8-17-13)12-9-11(10-14)3-5-15-12/h3,5,9H,4,6-8,10,14H2,1-2H3. The SMILES string of the molecule is CC1(C)CCN(c2cc(CN)ccn2)CCS1. The molecule has 94 valence electrons. The highest BCUT2D eigenvalue weighted by molar-refractivity contribution is 8.00. The topological polar surface area (TPSA) is 42.1 Å². The Kier molecular flexibility index (Phi) is 3.94. The van der Waals surface area contributed by atoms with Crippen LogP contribution < -0.4 is 10.6 Å². The fourth-order valence-electron chi connectivity index (χ4n) is 2.01. The van der Waals surface area contributed by atoms with Crippen molar-refractivity contribution in [3.05, 3.63) is 23.9 Å². The van der Waals surface area contributed by atoms with Gasteiger partial charge >= 0.3 is 0 Å². The number of nitrogens with zero attached hydrogens (tertiary/aromatic N) is 2. The van der Waals surface area contributed by atoms with Crippen molar-refractivity contribution < 1.29 is 0 Å². The zero-order valence-corrected chi connectivity index (χ0v) is 11.5. The van der Waals surface area contributed by atoms with Crippen molar-refractivity contribution in [2.24, 2.45) is 5.73 Å². The molecule has 0 unspecified atom stereocenters. The maximum absolute atomic E-state index is 5.67. The van der Waals surface area contributed by atoms with E-state index in [0.29, 0.717) is 11.3 Å². The van der Waals surface area contributed by atoms with Crippen molar-refractivity contribution in [1.29, 1.82) is 0 Å². The molecular weight excluding hydrogens is 230 g/mol. The van der Waals surface area contributed by atoms with Crippen molar-refractivity contribution in [3.8, 4) is 0 Å². The molecular formula is C13H21N3S. The van der Waals surface area contributed by atoms with Crippen LogP contribution in [-0.4, -0.2) is 28.6 Å². The van der Waals surface area contributed by atoms with E-state index in [1.54, 1.807) is 0 Å². The first-order valence-corrected chi connectivity index (χ1v) is 7.13. The Hall–Kier alpha value is -0.740. The third-order valence-electron chi connectivity index (χ3n) is 3.21. The molecule has 2 rings (SSSR count). The summed E-state index contributed by atoms with van der Waals surface area (Å²) in [5, 5.41) is 0. The van der Waals surface area contributed by atoms with Gasteiger partial charge in [0.1, 0.15) is 5.82 Å². The van der Waals surface area contributed by atoms with E-state index in [1.165, 1.54) is 12.2 Å². The van der Waals surface area contributed by atoms with Crippen LogP contribution in [0.1, 0.15) is 25.8 Å². The highest BCUT2D eigenvalue weighted by Gasteiger charge is 2.24. The fourth-order valence-corrected chi connectivity index (χ4v) is 3.11. The molecule has 0 atom stereocenters. The van der Waals surface area contributed by atoms with Crippen LogP contribution in [0.2, 0.25) is 0 Å². The third kappa shape index (κ3) is 3.36. The Balaban J connectivity index is 2.11. The van der Waals surface area contributed by atoms with Gasteiger partial charge in [-0.2, -0.15) is 11.8 Å².